The Balaban J connectivity index is 1.78. The molecule has 0 bridgehead atoms. The van der Waals surface area contributed by atoms with Gasteiger partial charge < -0.3 is 5.11 Å². The topological polar surface area (TPSA) is 35.8 Å². The number of rotatable bonds is 3. The van der Waals surface area contributed by atoms with Crippen LogP contribution in [0.4, 0.5) is 14.5 Å². The van der Waals surface area contributed by atoms with E-state index in [0.717, 1.165) is 11.3 Å². The van der Waals surface area contributed by atoms with Crippen LogP contribution in [0.5, 0.6) is 5.75 Å². The van der Waals surface area contributed by atoms with Crippen LogP contribution in [0.15, 0.2) is 77.9 Å². The summed E-state index contributed by atoms with van der Waals surface area (Å²) >= 11 is 0. The number of phenols is 1. The summed E-state index contributed by atoms with van der Waals surface area (Å²) in [6, 6.07) is 19.5. The van der Waals surface area contributed by atoms with Crippen molar-refractivity contribution < 1.29 is 13.9 Å². The number of nitrogens with zero attached hydrogens (tertiary/aromatic N) is 2. The molecule has 0 radical (unpaired) electrons. The number of hydrogen-bond acceptors (Lipinski definition) is 3. The van der Waals surface area contributed by atoms with Crippen LogP contribution in [0.3, 0.4) is 0 Å². The number of anilines is 1. The summed E-state index contributed by atoms with van der Waals surface area (Å²) in [5.41, 5.74) is 2.72. The Morgan fingerprint density at radius 3 is 2.31 bits per heavy atom. The Hall–Kier alpha value is -3.21. The van der Waals surface area contributed by atoms with E-state index in [4.69, 9.17) is 0 Å². The van der Waals surface area contributed by atoms with Crippen molar-refractivity contribution in [3.05, 3.63) is 95.6 Å². The molecule has 3 nitrogen and oxygen atoms in total. The first kappa shape index (κ1) is 16.3. The van der Waals surface area contributed by atoms with Gasteiger partial charge in [-0.2, -0.15) is 5.10 Å². The van der Waals surface area contributed by atoms with Crippen molar-refractivity contribution in [2.24, 2.45) is 5.10 Å². The van der Waals surface area contributed by atoms with E-state index in [9.17, 15) is 13.9 Å². The second-order valence-electron chi connectivity index (χ2n) is 6.16. The summed E-state index contributed by atoms with van der Waals surface area (Å²) < 4.78 is 27.0. The molecule has 1 aliphatic heterocycles. The first-order valence-corrected chi connectivity index (χ1v) is 8.28. The quantitative estimate of drug-likeness (QED) is 0.719. The van der Waals surface area contributed by atoms with Crippen LogP contribution in [-0.2, 0) is 0 Å². The van der Waals surface area contributed by atoms with Gasteiger partial charge in [-0.25, -0.2) is 8.78 Å². The molecule has 0 amide bonds. The Kier molecular flexibility index (Phi) is 4.13. The fourth-order valence-corrected chi connectivity index (χ4v) is 3.18. The van der Waals surface area contributed by atoms with E-state index < -0.39 is 5.82 Å². The maximum Gasteiger partial charge on any atom is 0.124 e. The van der Waals surface area contributed by atoms with Crippen molar-refractivity contribution in [1.82, 2.24) is 0 Å². The van der Waals surface area contributed by atoms with Crippen molar-refractivity contribution in [3.8, 4) is 5.75 Å². The second-order valence-corrected chi connectivity index (χ2v) is 6.16. The van der Waals surface area contributed by atoms with E-state index in [0.29, 0.717) is 17.7 Å². The van der Waals surface area contributed by atoms with E-state index >= 15 is 0 Å². The first-order valence-electron chi connectivity index (χ1n) is 8.28. The highest BCUT2D eigenvalue weighted by molar-refractivity contribution is 6.05. The van der Waals surface area contributed by atoms with Gasteiger partial charge in [0.1, 0.15) is 17.4 Å². The van der Waals surface area contributed by atoms with Crippen LogP contribution in [0.25, 0.3) is 0 Å². The molecule has 26 heavy (non-hydrogen) atoms. The lowest BCUT2D eigenvalue weighted by molar-refractivity contribution is 0.471. The molecule has 1 aliphatic rings. The fraction of sp³-hybridized carbons (Fsp3) is 0.0952. The fourth-order valence-electron chi connectivity index (χ4n) is 3.18. The third kappa shape index (κ3) is 3.04. The van der Waals surface area contributed by atoms with E-state index in [-0.39, 0.29) is 17.6 Å². The van der Waals surface area contributed by atoms with Gasteiger partial charge in [0.15, 0.2) is 0 Å². The number of aromatic hydroxyl groups is 1. The molecule has 0 aromatic heterocycles. The Bertz CT molecular complexity index is 956. The molecule has 0 spiro atoms. The summed E-state index contributed by atoms with van der Waals surface area (Å²) in [6.07, 6.45) is 0.470. The van der Waals surface area contributed by atoms with E-state index in [1.54, 1.807) is 12.1 Å². The van der Waals surface area contributed by atoms with Gasteiger partial charge in [-0.1, -0.05) is 30.3 Å². The van der Waals surface area contributed by atoms with Crippen molar-refractivity contribution in [2.75, 3.05) is 5.01 Å². The van der Waals surface area contributed by atoms with Gasteiger partial charge in [0, 0.05) is 12.0 Å². The minimum atomic E-state index is -0.433. The first-order chi connectivity index (χ1) is 12.6. The lowest BCUT2D eigenvalue weighted by Crippen LogP contribution is -2.18. The average Bonchev–Trinajstić information content (AvgIpc) is 3.10. The predicted octanol–water partition coefficient (Wildman–Crippen LogP) is 5.03. The van der Waals surface area contributed by atoms with Crippen LogP contribution in [-0.4, -0.2) is 10.8 Å². The maximum atomic E-state index is 13.7. The summed E-state index contributed by atoms with van der Waals surface area (Å²) in [5, 5.41) is 16.6. The lowest BCUT2D eigenvalue weighted by atomic mass is 9.97. The van der Waals surface area contributed by atoms with Gasteiger partial charge in [0.05, 0.1) is 17.4 Å². The van der Waals surface area contributed by atoms with Crippen LogP contribution in [0.2, 0.25) is 0 Å². The number of benzene rings is 3. The molecule has 0 saturated carbocycles. The smallest absolute Gasteiger partial charge is 0.124 e. The SMILES string of the molecule is Oc1ccc(F)cc1C1=NN(c2ccccc2)[C@H](c2ccc(F)cc2)C1. The molecule has 4 rings (SSSR count). The van der Waals surface area contributed by atoms with Gasteiger partial charge in [0.2, 0.25) is 0 Å². The molecule has 0 saturated heterocycles. The largest absolute Gasteiger partial charge is 0.507 e. The standard InChI is InChI=1S/C21H16F2N2O/c22-15-8-6-14(7-9-15)20-13-19(18-12-16(23)10-11-21(18)26)24-25(20)17-4-2-1-3-5-17/h1-12,20,26H,13H2/t20-/m0/s1. The zero-order valence-corrected chi connectivity index (χ0v) is 13.8. The normalized spacial score (nSPS) is 16.6. The van der Waals surface area contributed by atoms with Crippen LogP contribution in [0, 0.1) is 11.6 Å². The Morgan fingerprint density at radius 2 is 1.58 bits per heavy atom. The number of halogens is 2. The molecule has 3 aromatic rings. The average molecular weight is 350 g/mol. The monoisotopic (exact) mass is 350 g/mol. The summed E-state index contributed by atoms with van der Waals surface area (Å²) in [4.78, 5) is 0. The molecule has 130 valence electrons. The Labute approximate surface area is 149 Å². The molecular weight excluding hydrogens is 334 g/mol. The van der Waals surface area contributed by atoms with E-state index in [1.807, 2.05) is 35.3 Å². The number of hydrogen-bond donors (Lipinski definition) is 1. The zero-order valence-electron chi connectivity index (χ0n) is 13.8. The highest BCUT2D eigenvalue weighted by atomic mass is 19.1. The van der Waals surface area contributed by atoms with Gasteiger partial charge in [-0.05, 0) is 48.0 Å². The third-order valence-electron chi connectivity index (χ3n) is 4.46. The highest BCUT2D eigenvalue weighted by Crippen LogP contribution is 2.38. The Morgan fingerprint density at radius 1 is 0.885 bits per heavy atom. The molecule has 0 fully saturated rings. The minimum Gasteiger partial charge on any atom is -0.507 e. The number of para-hydroxylation sites is 1. The lowest BCUT2D eigenvalue weighted by Gasteiger charge is -2.23. The van der Waals surface area contributed by atoms with Crippen LogP contribution >= 0.6 is 0 Å². The van der Waals surface area contributed by atoms with Gasteiger partial charge in [0.25, 0.3) is 0 Å². The van der Waals surface area contributed by atoms with Gasteiger partial charge in [-0.3, -0.25) is 5.01 Å². The van der Waals surface area contributed by atoms with Crippen molar-refractivity contribution in [3.63, 3.8) is 0 Å². The van der Waals surface area contributed by atoms with Gasteiger partial charge >= 0.3 is 0 Å². The van der Waals surface area contributed by atoms with Crippen LogP contribution < -0.4 is 5.01 Å². The van der Waals surface area contributed by atoms with E-state index in [2.05, 4.69) is 5.10 Å². The molecule has 1 heterocycles. The molecule has 0 aliphatic carbocycles. The van der Waals surface area contributed by atoms with Crippen molar-refractivity contribution in [1.29, 1.82) is 0 Å². The van der Waals surface area contributed by atoms with Gasteiger partial charge in [-0.15, -0.1) is 0 Å². The zero-order chi connectivity index (χ0) is 18.1. The number of hydrazone groups is 1. The molecular formula is C21H16F2N2O. The van der Waals surface area contributed by atoms with Crippen LogP contribution in [0.1, 0.15) is 23.6 Å². The molecule has 1 N–H and O–H groups in total. The highest BCUT2D eigenvalue weighted by Gasteiger charge is 2.31. The molecule has 0 unspecified atom stereocenters. The summed E-state index contributed by atoms with van der Waals surface area (Å²) in [7, 11) is 0. The van der Waals surface area contributed by atoms with Crippen molar-refractivity contribution in [2.45, 2.75) is 12.5 Å². The van der Waals surface area contributed by atoms with E-state index in [1.165, 1.54) is 30.3 Å². The summed E-state index contributed by atoms with van der Waals surface area (Å²) in [5.74, 6) is -0.753. The number of phenolic OH excluding ortho intramolecular Hbond substituents is 1. The maximum absolute atomic E-state index is 13.7. The second kappa shape index (κ2) is 6.59. The molecule has 5 heteroatoms. The van der Waals surface area contributed by atoms with Crippen molar-refractivity contribution >= 4 is 11.4 Å². The predicted molar refractivity (Wildman–Crippen MR) is 97.3 cm³/mol. The minimum absolute atomic E-state index is 0.0158. The third-order valence-corrected chi connectivity index (χ3v) is 4.46. The molecule has 3 aromatic carbocycles. The molecule has 1 atom stereocenters. The summed E-state index contributed by atoms with van der Waals surface area (Å²) in [6.45, 7) is 0.